The minimum Gasteiger partial charge on any atom is -0.388 e. The van der Waals surface area contributed by atoms with Crippen LogP contribution in [-0.4, -0.2) is 56.0 Å². The normalized spacial score (nSPS) is 12.6. The van der Waals surface area contributed by atoms with Crippen LogP contribution in [0.4, 0.5) is 0 Å². The molecule has 0 saturated carbocycles. The summed E-state index contributed by atoms with van der Waals surface area (Å²) in [7, 11) is 0. The van der Waals surface area contributed by atoms with Crippen LogP contribution >= 0.6 is 0 Å². The lowest BCUT2D eigenvalue weighted by molar-refractivity contribution is 0.0630. The van der Waals surface area contributed by atoms with Gasteiger partial charge in [-0.1, -0.05) is 84.9 Å². The van der Waals surface area contributed by atoms with Gasteiger partial charge in [0.25, 0.3) is 11.8 Å². The zero-order valence-electron chi connectivity index (χ0n) is 30.0. The third-order valence-corrected chi connectivity index (χ3v) is 8.54. The molecule has 0 aromatic heterocycles. The van der Waals surface area contributed by atoms with Gasteiger partial charge in [-0.3, -0.25) is 9.59 Å². The van der Waals surface area contributed by atoms with E-state index >= 15 is 0 Å². The molecule has 2 atom stereocenters. The highest BCUT2D eigenvalue weighted by Crippen LogP contribution is 2.32. The average Bonchev–Trinajstić information content (AvgIpc) is 3.03. The van der Waals surface area contributed by atoms with Gasteiger partial charge in [0.15, 0.2) is 0 Å². The molecule has 4 rings (SSSR count). The molecular formula is C42H54N2O4. The highest BCUT2D eigenvalue weighted by molar-refractivity contribution is 6.09. The second-order valence-electron chi connectivity index (χ2n) is 13.4. The van der Waals surface area contributed by atoms with Crippen LogP contribution in [0.1, 0.15) is 112 Å². The molecule has 48 heavy (non-hydrogen) atoms. The second kappa shape index (κ2) is 17.2. The Morgan fingerprint density at radius 1 is 0.562 bits per heavy atom. The summed E-state index contributed by atoms with van der Waals surface area (Å²) in [5.41, 5.74) is 2.55. The van der Waals surface area contributed by atoms with Crippen molar-refractivity contribution < 1.29 is 19.8 Å². The lowest BCUT2D eigenvalue weighted by Gasteiger charge is -2.32. The predicted molar refractivity (Wildman–Crippen MR) is 200 cm³/mol. The number of nitrogens with zero attached hydrogens (tertiary/aromatic N) is 2. The third kappa shape index (κ3) is 8.60. The van der Waals surface area contributed by atoms with Gasteiger partial charge in [-0.25, -0.2) is 0 Å². The van der Waals surface area contributed by atoms with Crippen molar-refractivity contribution in [3.8, 4) is 0 Å². The van der Waals surface area contributed by atoms with E-state index in [1.165, 1.54) is 0 Å². The first-order valence-electron chi connectivity index (χ1n) is 17.0. The standard InChI is InChI=1S/2C21H27NO2/c2*1-6-9-19(23)18-13-12-16-10-7-8-11-17(16)20(18)21(24)22(14(2)3)15(4)5/h2*6-8,10-15,19,23H,1,9H2,2-5H3/t2*19-/m00/s1. The van der Waals surface area contributed by atoms with Crippen molar-refractivity contribution in [2.75, 3.05) is 0 Å². The number of rotatable bonds is 12. The van der Waals surface area contributed by atoms with Crippen LogP contribution in [0.3, 0.4) is 0 Å². The molecular weight excluding hydrogens is 596 g/mol. The molecule has 0 spiro atoms. The largest absolute Gasteiger partial charge is 0.388 e. The fraction of sp³-hybridized carbons (Fsp3) is 0.381. The van der Waals surface area contributed by atoms with E-state index in [1.807, 2.05) is 138 Å². The maximum atomic E-state index is 13.4. The molecule has 0 fully saturated rings. The highest BCUT2D eigenvalue weighted by atomic mass is 16.3. The number of hydrogen-bond acceptors (Lipinski definition) is 4. The van der Waals surface area contributed by atoms with Crippen molar-refractivity contribution in [1.29, 1.82) is 0 Å². The fourth-order valence-corrected chi connectivity index (χ4v) is 6.57. The quantitative estimate of drug-likeness (QED) is 0.150. The monoisotopic (exact) mass is 650 g/mol. The van der Waals surface area contributed by atoms with E-state index in [1.54, 1.807) is 12.2 Å². The minimum absolute atomic E-state index is 0.0325. The van der Waals surface area contributed by atoms with Crippen molar-refractivity contribution in [2.24, 2.45) is 0 Å². The summed E-state index contributed by atoms with van der Waals surface area (Å²) in [5.74, 6) is -0.0650. The van der Waals surface area contributed by atoms with Crippen molar-refractivity contribution >= 4 is 33.4 Å². The summed E-state index contributed by atoms with van der Waals surface area (Å²) in [4.78, 5) is 30.5. The molecule has 0 saturated heterocycles. The molecule has 4 aromatic carbocycles. The summed E-state index contributed by atoms with van der Waals surface area (Å²) in [5, 5.41) is 24.8. The molecule has 0 aliphatic carbocycles. The molecule has 2 N–H and O–H groups in total. The van der Waals surface area contributed by atoms with Crippen molar-refractivity contribution in [2.45, 2.75) is 105 Å². The zero-order chi connectivity index (χ0) is 35.7. The van der Waals surface area contributed by atoms with E-state index in [0.717, 1.165) is 21.5 Å². The number of carbonyl (C=O) groups excluding carboxylic acids is 2. The highest BCUT2D eigenvalue weighted by Gasteiger charge is 2.28. The van der Waals surface area contributed by atoms with Crippen LogP contribution in [-0.2, 0) is 0 Å². The SMILES string of the molecule is C=CC[C@H](O)c1ccc2ccccc2c1C(=O)N(C(C)C)C(C)C.C=CC[C@H](O)c1ccc2ccccc2c1C(=O)N(C(C)C)C(C)C. The Labute approximate surface area is 287 Å². The summed E-state index contributed by atoms with van der Waals surface area (Å²) in [6.07, 6.45) is 2.73. The first-order valence-corrected chi connectivity index (χ1v) is 17.0. The number of hydrogen-bond donors (Lipinski definition) is 2. The Kier molecular flexibility index (Phi) is 13.7. The summed E-state index contributed by atoms with van der Waals surface area (Å²) < 4.78 is 0. The summed E-state index contributed by atoms with van der Waals surface area (Å²) >= 11 is 0. The Bertz CT molecular complexity index is 1580. The maximum absolute atomic E-state index is 13.4. The van der Waals surface area contributed by atoms with Crippen LogP contribution in [0, 0.1) is 0 Å². The Morgan fingerprint density at radius 3 is 1.17 bits per heavy atom. The molecule has 0 unspecified atom stereocenters. The van der Waals surface area contributed by atoms with E-state index in [9.17, 15) is 19.8 Å². The van der Waals surface area contributed by atoms with Crippen molar-refractivity contribution in [3.05, 3.63) is 120 Å². The van der Waals surface area contributed by atoms with E-state index in [4.69, 9.17) is 0 Å². The van der Waals surface area contributed by atoms with Crippen molar-refractivity contribution in [3.63, 3.8) is 0 Å². The van der Waals surface area contributed by atoms with Gasteiger partial charge < -0.3 is 20.0 Å². The summed E-state index contributed by atoms with van der Waals surface area (Å²) in [6, 6.07) is 23.6. The Morgan fingerprint density at radius 2 is 0.875 bits per heavy atom. The number of carbonyl (C=O) groups is 2. The minimum atomic E-state index is -0.729. The van der Waals surface area contributed by atoms with Crippen LogP contribution in [0.2, 0.25) is 0 Å². The van der Waals surface area contributed by atoms with Crippen LogP contribution in [0.25, 0.3) is 21.5 Å². The second-order valence-corrected chi connectivity index (χ2v) is 13.4. The third-order valence-electron chi connectivity index (χ3n) is 8.54. The number of benzene rings is 4. The molecule has 6 nitrogen and oxygen atoms in total. The van der Waals surface area contributed by atoms with Gasteiger partial charge in [0, 0.05) is 24.2 Å². The van der Waals surface area contributed by atoms with Gasteiger partial charge in [0.05, 0.1) is 23.3 Å². The smallest absolute Gasteiger partial charge is 0.255 e. The molecule has 2 amide bonds. The molecule has 256 valence electrons. The first-order chi connectivity index (χ1) is 22.8. The van der Waals surface area contributed by atoms with Gasteiger partial charge in [-0.2, -0.15) is 0 Å². The Balaban J connectivity index is 0.000000260. The van der Waals surface area contributed by atoms with E-state index in [-0.39, 0.29) is 36.0 Å². The van der Waals surface area contributed by atoms with Gasteiger partial charge >= 0.3 is 0 Å². The van der Waals surface area contributed by atoms with Gasteiger partial charge in [0.2, 0.25) is 0 Å². The number of amides is 2. The van der Waals surface area contributed by atoms with Crippen LogP contribution in [0.15, 0.2) is 98.1 Å². The predicted octanol–water partition coefficient (Wildman–Crippen LogP) is 9.42. The lowest BCUT2D eigenvalue weighted by atomic mass is 9.93. The van der Waals surface area contributed by atoms with E-state index in [2.05, 4.69) is 13.2 Å². The number of aliphatic hydroxyl groups excluding tert-OH is 2. The number of aliphatic hydroxyl groups is 2. The number of fused-ring (bicyclic) bond motifs is 2. The van der Waals surface area contributed by atoms with Crippen LogP contribution < -0.4 is 0 Å². The average molecular weight is 651 g/mol. The van der Waals surface area contributed by atoms with E-state index in [0.29, 0.717) is 35.1 Å². The summed E-state index contributed by atoms with van der Waals surface area (Å²) in [6.45, 7) is 23.5. The molecule has 4 aromatic rings. The molecule has 0 bridgehead atoms. The molecule has 0 heterocycles. The molecule has 6 heteroatoms. The first kappa shape index (κ1) is 38.2. The van der Waals surface area contributed by atoms with Crippen LogP contribution in [0.5, 0.6) is 0 Å². The van der Waals surface area contributed by atoms with Gasteiger partial charge in [-0.05, 0) is 101 Å². The maximum Gasteiger partial charge on any atom is 0.255 e. The molecule has 0 aliphatic rings. The topological polar surface area (TPSA) is 81.1 Å². The lowest BCUT2D eigenvalue weighted by Crippen LogP contribution is -2.42. The van der Waals surface area contributed by atoms with Gasteiger partial charge in [0.1, 0.15) is 0 Å². The fourth-order valence-electron chi connectivity index (χ4n) is 6.57. The van der Waals surface area contributed by atoms with Gasteiger partial charge in [-0.15, -0.1) is 13.2 Å². The van der Waals surface area contributed by atoms with E-state index < -0.39 is 12.2 Å². The van der Waals surface area contributed by atoms with Crippen molar-refractivity contribution in [1.82, 2.24) is 9.80 Å². The zero-order valence-corrected chi connectivity index (χ0v) is 30.0. The molecule has 0 aliphatic heterocycles. The Hall–Kier alpha value is -4.26. The molecule has 0 radical (unpaired) electrons.